The molecule has 0 aliphatic rings. The standard InChI is InChI=1S/C30H36N6O4/c1-6-40-28(37)9-7-8-23-11-10-22(17-36-21(4)32-18-33-36)14-26(23)34-29(38)20(3)35-16-19(2)25-13-12-24(15-27(25)35)30(39)31-5/h10-16,18,20H,6-9,17H2,1-5H3,(H,31,39)(H,34,38). The van der Waals surface area contributed by atoms with Crippen molar-refractivity contribution < 1.29 is 19.1 Å². The van der Waals surface area contributed by atoms with E-state index in [9.17, 15) is 14.4 Å². The predicted octanol–water partition coefficient (Wildman–Crippen LogP) is 4.34. The summed E-state index contributed by atoms with van der Waals surface area (Å²) in [6.07, 6.45) is 4.96. The Kier molecular flexibility index (Phi) is 8.98. The molecule has 0 aliphatic carbocycles. The van der Waals surface area contributed by atoms with E-state index in [1.54, 1.807) is 24.7 Å². The molecule has 0 bridgehead atoms. The highest BCUT2D eigenvalue weighted by molar-refractivity contribution is 6.00. The van der Waals surface area contributed by atoms with Crippen molar-refractivity contribution in [3.63, 3.8) is 0 Å². The summed E-state index contributed by atoms with van der Waals surface area (Å²) in [7, 11) is 1.59. The minimum Gasteiger partial charge on any atom is -0.466 e. The molecule has 2 aromatic heterocycles. The highest BCUT2D eigenvalue weighted by Crippen LogP contribution is 2.28. The first-order chi connectivity index (χ1) is 19.2. The Morgan fingerprint density at radius 3 is 2.60 bits per heavy atom. The largest absolute Gasteiger partial charge is 0.466 e. The van der Waals surface area contributed by atoms with Crippen LogP contribution in [0.25, 0.3) is 10.9 Å². The summed E-state index contributed by atoms with van der Waals surface area (Å²) >= 11 is 0. The van der Waals surface area contributed by atoms with Crippen molar-refractivity contribution in [1.29, 1.82) is 0 Å². The van der Waals surface area contributed by atoms with Crippen LogP contribution < -0.4 is 10.6 Å². The summed E-state index contributed by atoms with van der Waals surface area (Å²) < 4.78 is 8.75. The minimum atomic E-state index is -0.551. The van der Waals surface area contributed by atoms with E-state index in [-0.39, 0.29) is 17.8 Å². The molecule has 1 atom stereocenters. The number of anilines is 1. The third-order valence-corrected chi connectivity index (χ3v) is 7.03. The van der Waals surface area contributed by atoms with Gasteiger partial charge in [0.1, 0.15) is 18.2 Å². The average molecular weight is 545 g/mol. The van der Waals surface area contributed by atoms with Crippen molar-refractivity contribution in [2.45, 2.75) is 59.5 Å². The smallest absolute Gasteiger partial charge is 0.305 e. The molecule has 2 amide bonds. The lowest BCUT2D eigenvalue weighted by molar-refractivity contribution is -0.143. The summed E-state index contributed by atoms with van der Waals surface area (Å²) in [6.45, 7) is 8.37. The molecule has 2 heterocycles. The molecule has 0 radical (unpaired) electrons. The van der Waals surface area contributed by atoms with E-state index in [0.29, 0.717) is 43.7 Å². The number of rotatable bonds is 11. The van der Waals surface area contributed by atoms with Crippen LogP contribution in [-0.4, -0.2) is 50.8 Å². The van der Waals surface area contributed by atoms with Crippen molar-refractivity contribution in [2.24, 2.45) is 0 Å². The number of hydrogen-bond acceptors (Lipinski definition) is 6. The van der Waals surface area contributed by atoms with Gasteiger partial charge in [0, 0.05) is 41.8 Å². The molecular formula is C30H36N6O4. The van der Waals surface area contributed by atoms with Gasteiger partial charge in [-0.25, -0.2) is 9.67 Å². The number of nitrogens with one attached hydrogen (secondary N) is 2. The Labute approximate surface area is 233 Å². The zero-order valence-electron chi connectivity index (χ0n) is 23.7. The van der Waals surface area contributed by atoms with Crippen molar-refractivity contribution in [3.05, 3.63) is 77.0 Å². The quantitative estimate of drug-likeness (QED) is 0.271. The Hall–Kier alpha value is -4.47. The summed E-state index contributed by atoms with van der Waals surface area (Å²) in [5, 5.41) is 11.0. The second kappa shape index (κ2) is 12.6. The van der Waals surface area contributed by atoms with Crippen LogP contribution in [0.15, 0.2) is 48.9 Å². The number of hydrogen-bond donors (Lipinski definition) is 2. The number of esters is 1. The van der Waals surface area contributed by atoms with Gasteiger partial charge < -0.3 is 19.9 Å². The van der Waals surface area contributed by atoms with Crippen molar-refractivity contribution in [2.75, 3.05) is 19.0 Å². The predicted molar refractivity (Wildman–Crippen MR) is 153 cm³/mol. The lowest BCUT2D eigenvalue weighted by Crippen LogP contribution is -2.24. The summed E-state index contributed by atoms with van der Waals surface area (Å²) in [5.74, 6) is 0.189. The summed E-state index contributed by atoms with van der Waals surface area (Å²) in [5.41, 5.74) is 4.94. The van der Waals surface area contributed by atoms with Gasteiger partial charge in [0.25, 0.3) is 5.91 Å². The molecule has 10 heteroatoms. The van der Waals surface area contributed by atoms with Crippen LogP contribution in [-0.2, 0) is 27.3 Å². The molecule has 4 rings (SSSR count). The number of benzene rings is 2. The fraction of sp³-hybridized carbons (Fsp3) is 0.367. The van der Waals surface area contributed by atoms with Crippen molar-refractivity contribution in [1.82, 2.24) is 24.6 Å². The zero-order valence-corrected chi connectivity index (χ0v) is 23.7. The maximum absolute atomic E-state index is 13.6. The maximum atomic E-state index is 13.6. The first kappa shape index (κ1) is 28.5. The second-order valence-electron chi connectivity index (χ2n) is 9.81. The van der Waals surface area contributed by atoms with E-state index in [4.69, 9.17) is 4.74 Å². The number of nitrogens with zero attached hydrogens (tertiary/aromatic N) is 4. The summed E-state index contributed by atoms with van der Waals surface area (Å²) in [4.78, 5) is 41.9. The highest BCUT2D eigenvalue weighted by atomic mass is 16.5. The van der Waals surface area contributed by atoms with E-state index < -0.39 is 6.04 Å². The second-order valence-corrected chi connectivity index (χ2v) is 9.81. The van der Waals surface area contributed by atoms with Gasteiger partial charge >= 0.3 is 5.97 Å². The molecule has 2 aromatic carbocycles. The molecule has 0 aliphatic heterocycles. The van der Waals surface area contributed by atoms with Gasteiger partial charge in [0.2, 0.25) is 5.91 Å². The van der Waals surface area contributed by atoms with E-state index in [1.807, 2.05) is 61.9 Å². The van der Waals surface area contributed by atoms with Crippen LogP contribution in [0.3, 0.4) is 0 Å². The molecular weight excluding hydrogens is 508 g/mol. The van der Waals surface area contributed by atoms with Crippen LogP contribution in [0.4, 0.5) is 5.69 Å². The van der Waals surface area contributed by atoms with Gasteiger partial charge in [0.15, 0.2) is 0 Å². The lowest BCUT2D eigenvalue weighted by Gasteiger charge is -2.18. The first-order valence-electron chi connectivity index (χ1n) is 13.5. The number of aromatic nitrogens is 4. The normalized spacial score (nSPS) is 11.8. The Morgan fingerprint density at radius 2 is 1.90 bits per heavy atom. The van der Waals surface area contributed by atoms with Crippen LogP contribution in [0.5, 0.6) is 0 Å². The number of amides is 2. The highest BCUT2D eigenvalue weighted by Gasteiger charge is 2.20. The molecule has 0 spiro atoms. The van der Waals surface area contributed by atoms with Crippen molar-refractivity contribution in [3.8, 4) is 0 Å². The Balaban J connectivity index is 1.61. The monoisotopic (exact) mass is 544 g/mol. The van der Waals surface area contributed by atoms with E-state index in [0.717, 1.165) is 33.4 Å². The Bertz CT molecular complexity index is 1540. The van der Waals surface area contributed by atoms with Crippen LogP contribution in [0.1, 0.15) is 65.6 Å². The molecule has 10 nitrogen and oxygen atoms in total. The average Bonchev–Trinajstić information content (AvgIpc) is 3.50. The Morgan fingerprint density at radius 1 is 1.10 bits per heavy atom. The number of carbonyl (C=O) groups is 3. The molecule has 2 N–H and O–H groups in total. The third-order valence-electron chi connectivity index (χ3n) is 7.03. The number of fused-ring (bicyclic) bond motifs is 1. The maximum Gasteiger partial charge on any atom is 0.305 e. The van der Waals surface area contributed by atoms with Crippen LogP contribution in [0, 0.1) is 13.8 Å². The van der Waals surface area contributed by atoms with Gasteiger partial charge in [0.05, 0.1) is 13.2 Å². The fourth-order valence-corrected chi connectivity index (χ4v) is 4.76. The molecule has 4 aromatic rings. The van der Waals surface area contributed by atoms with Crippen LogP contribution >= 0.6 is 0 Å². The fourth-order valence-electron chi connectivity index (χ4n) is 4.76. The minimum absolute atomic E-state index is 0.184. The van der Waals surface area contributed by atoms with Gasteiger partial charge in [-0.3, -0.25) is 14.4 Å². The topological polar surface area (TPSA) is 120 Å². The number of aryl methyl sites for hydroxylation is 3. The molecule has 40 heavy (non-hydrogen) atoms. The summed E-state index contributed by atoms with van der Waals surface area (Å²) in [6, 6.07) is 10.9. The number of carbonyl (C=O) groups excluding carboxylic acids is 3. The molecule has 0 saturated carbocycles. The molecule has 1 unspecified atom stereocenters. The first-order valence-corrected chi connectivity index (χ1v) is 13.5. The SMILES string of the molecule is CCOC(=O)CCCc1ccc(Cn2ncnc2C)cc1NC(=O)C(C)n1cc(C)c2ccc(C(=O)NC)cc21. The van der Waals surface area contributed by atoms with Gasteiger partial charge in [-0.15, -0.1) is 0 Å². The van der Waals surface area contributed by atoms with E-state index in [1.165, 1.54) is 6.33 Å². The molecule has 0 saturated heterocycles. The third kappa shape index (κ3) is 6.39. The molecule has 210 valence electrons. The van der Waals surface area contributed by atoms with Gasteiger partial charge in [-0.2, -0.15) is 5.10 Å². The van der Waals surface area contributed by atoms with E-state index in [2.05, 4.69) is 20.7 Å². The molecule has 0 fully saturated rings. The van der Waals surface area contributed by atoms with Gasteiger partial charge in [-0.05, 0) is 75.4 Å². The lowest BCUT2D eigenvalue weighted by atomic mass is 10.0. The number of ether oxygens (including phenoxy) is 1. The van der Waals surface area contributed by atoms with Gasteiger partial charge in [-0.1, -0.05) is 18.2 Å². The van der Waals surface area contributed by atoms with Crippen LogP contribution in [0.2, 0.25) is 0 Å². The van der Waals surface area contributed by atoms with Crippen molar-refractivity contribution >= 4 is 34.4 Å². The van der Waals surface area contributed by atoms with E-state index >= 15 is 0 Å². The zero-order chi connectivity index (χ0) is 28.8.